The molecule has 0 aromatic heterocycles. The van der Waals surface area contributed by atoms with Gasteiger partial charge in [0.25, 0.3) is 0 Å². The molecule has 0 aliphatic heterocycles. The summed E-state index contributed by atoms with van der Waals surface area (Å²) in [6.45, 7) is 14.8. The van der Waals surface area contributed by atoms with E-state index >= 15 is 0 Å². The highest BCUT2D eigenvalue weighted by Crippen LogP contribution is 2.67. The predicted molar refractivity (Wildman–Crippen MR) is 121 cm³/mol. The van der Waals surface area contributed by atoms with Crippen LogP contribution in [-0.4, -0.2) is 5.54 Å². The van der Waals surface area contributed by atoms with Gasteiger partial charge in [0.2, 0.25) is 0 Å². The first-order valence-electron chi connectivity index (χ1n) is 12.5. The highest BCUT2D eigenvalue weighted by atomic mass is 14.7. The second kappa shape index (κ2) is 7.14. The summed E-state index contributed by atoms with van der Waals surface area (Å²) in [5, 5.41) is 0. The number of fused-ring (bicyclic) bond motifs is 5. The Kier molecular flexibility index (Phi) is 5.34. The Balaban J connectivity index is 1.52. The quantitative estimate of drug-likeness (QED) is 0.503. The van der Waals surface area contributed by atoms with Crippen molar-refractivity contribution in [1.82, 2.24) is 0 Å². The lowest BCUT2D eigenvalue weighted by Gasteiger charge is -2.58. The van der Waals surface area contributed by atoms with Gasteiger partial charge in [0.1, 0.15) is 0 Å². The lowest BCUT2D eigenvalue weighted by Crippen LogP contribution is -2.50. The van der Waals surface area contributed by atoms with Gasteiger partial charge in [-0.3, -0.25) is 0 Å². The number of hydrogen-bond donors (Lipinski definition) is 1. The third-order valence-electron chi connectivity index (χ3n) is 10.4. The van der Waals surface area contributed by atoms with Crippen molar-refractivity contribution in [2.24, 2.45) is 52.1 Å². The molecular formula is C27H47N. The monoisotopic (exact) mass is 385 g/mol. The van der Waals surface area contributed by atoms with Crippen LogP contribution in [0.4, 0.5) is 0 Å². The second-order valence-corrected chi connectivity index (χ2v) is 12.8. The van der Waals surface area contributed by atoms with Crippen molar-refractivity contribution < 1.29 is 0 Å². The minimum Gasteiger partial charge on any atom is -0.326 e. The van der Waals surface area contributed by atoms with Gasteiger partial charge in [0, 0.05) is 5.54 Å². The van der Waals surface area contributed by atoms with Gasteiger partial charge in [0.05, 0.1) is 0 Å². The lowest BCUT2D eigenvalue weighted by atomic mass is 9.46. The maximum atomic E-state index is 6.31. The van der Waals surface area contributed by atoms with Crippen LogP contribution in [-0.2, 0) is 0 Å². The van der Waals surface area contributed by atoms with Gasteiger partial charge in [0.15, 0.2) is 0 Å². The number of nitrogens with two attached hydrogens (primary N) is 1. The Hall–Kier alpha value is -0.300. The normalized spacial score (nSPS) is 47.0. The summed E-state index contributed by atoms with van der Waals surface area (Å²) >= 11 is 0. The summed E-state index contributed by atoms with van der Waals surface area (Å²) in [7, 11) is 0. The van der Waals surface area contributed by atoms with Crippen LogP contribution in [0, 0.1) is 46.3 Å². The molecule has 0 aromatic rings. The van der Waals surface area contributed by atoms with Crippen LogP contribution in [0.1, 0.15) is 106 Å². The van der Waals surface area contributed by atoms with Crippen LogP contribution in [0.25, 0.3) is 0 Å². The second-order valence-electron chi connectivity index (χ2n) is 12.8. The Morgan fingerprint density at radius 1 is 1.11 bits per heavy atom. The van der Waals surface area contributed by atoms with Crippen molar-refractivity contribution in [2.75, 3.05) is 0 Å². The molecule has 4 rings (SSSR count). The fourth-order valence-electron chi connectivity index (χ4n) is 8.62. The zero-order valence-electron chi connectivity index (χ0n) is 19.7. The topological polar surface area (TPSA) is 26.0 Å². The van der Waals surface area contributed by atoms with E-state index < -0.39 is 0 Å². The Bertz CT molecular complexity index is 612. The van der Waals surface area contributed by atoms with Crippen LogP contribution in [0.3, 0.4) is 0 Å². The van der Waals surface area contributed by atoms with Crippen molar-refractivity contribution in [3.05, 3.63) is 11.6 Å². The maximum absolute atomic E-state index is 6.31. The largest absolute Gasteiger partial charge is 0.326 e. The van der Waals surface area contributed by atoms with Gasteiger partial charge in [-0.05, 0) is 124 Å². The van der Waals surface area contributed by atoms with Gasteiger partial charge in [-0.1, -0.05) is 39.3 Å². The average molecular weight is 386 g/mol. The van der Waals surface area contributed by atoms with E-state index in [2.05, 4.69) is 47.6 Å². The average Bonchev–Trinajstić information content (AvgIpc) is 2.97. The molecule has 0 radical (unpaired) electrons. The van der Waals surface area contributed by atoms with Gasteiger partial charge in [-0.15, -0.1) is 0 Å². The molecule has 2 N–H and O–H groups in total. The molecule has 1 nitrogen and oxygen atoms in total. The fraction of sp³-hybridized carbons (Fsp3) is 0.926. The first kappa shape index (κ1) is 21.0. The number of allylic oxidation sites excluding steroid dienone is 2. The van der Waals surface area contributed by atoms with Crippen LogP contribution in [0.15, 0.2) is 11.6 Å². The molecule has 3 saturated carbocycles. The molecule has 0 aromatic carbocycles. The van der Waals surface area contributed by atoms with Gasteiger partial charge >= 0.3 is 0 Å². The minimum absolute atomic E-state index is 0.0118. The molecule has 28 heavy (non-hydrogen) atoms. The molecule has 4 aliphatic carbocycles. The number of hydrogen-bond acceptors (Lipinski definition) is 1. The van der Waals surface area contributed by atoms with Crippen molar-refractivity contribution >= 4 is 0 Å². The summed E-state index contributed by atoms with van der Waals surface area (Å²) in [4.78, 5) is 0. The van der Waals surface area contributed by atoms with E-state index in [1.807, 2.05) is 5.57 Å². The summed E-state index contributed by atoms with van der Waals surface area (Å²) in [5.41, 5.74) is 9.27. The van der Waals surface area contributed by atoms with Crippen LogP contribution in [0.5, 0.6) is 0 Å². The van der Waals surface area contributed by atoms with Gasteiger partial charge < -0.3 is 5.73 Å². The van der Waals surface area contributed by atoms with E-state index in [0.717, 1.165) is 35.5 Å². The molecule has 7 unspecified atom stereocenters. The molecule has 0 amide bonds. The third-order valence-corrected chi connectivity index (χ3v) is 10.4. The van der Waals surface area contributed by atoms with E-state index in [1.165, 1.54) is 64.2 Å². The highest BCUT2D eigenvalue weighted by Gasteiger charge is 2.58. The molecule has 4 aliphatic rings. The van der Waals surface area contributed by atoms with Crippen molar-refractivity contribution in [3.63, 3.8) is 0 Å². The van der Waals surface area contributed by atoms with Gasteiger partial charge in [-0.25, -0.2) is 0 Å². The van der Waals surface area contributed by atoms with Crippen molar-refractivity contribution in [2.45, 2.75) is 111 Å². The molecule has 0 spiro atoms. The van der Waals surface area contributed by atoms with Gasteiger partial charge in [-0.2, -0.15) is 0 Å². The predicted octanol–water partition coefficient (Wildman–Crippen LogP) is 7.36. The summed E-state index contributed by atoms with van der Waals surface area (Å²) in [6.07, 6.45) is 16.8. The van der Waals surface area contributed by atoms with Crippen molar-refractivity contribution in [1.29, 1.82) is 0 Å². The SMILES string of the molecule is CC1CCC2(C)C(=CCC3C2CCC2(C)C3CCC2[C@H](C)CCC(C)(C)N)C1. The number of rotatable bonds is 4. The van der Waals surface area contributed by atoms with Crippen LogP contribution in [0.2, 0.25) is 0 Å². The summed E-state index contributed by atoms with van der Waals surface area (Å²) in [6, 6.07) is 0. The van der Waals surface area contributed by atoms with E-state index in [0.29, 0.717) is 10.8 Å². The van der Waals surface area contributed by atoms with Crippen molar-refractivity contribution in [3.8, 4) is 0 Å². The van der Waals surface area contributed by atoms with Crippen LogP contribution >= 0.6 is 0 Å². The van der Waals surface area contributed by atoms with E-state index in [-0.39, 0.29) is 5.54 Å². The molecule has 0 heterocycles. The Morgan fingerprint density at radius 2 is 1.86 bits per heavy atom. The molecule has 8 atom stereocenters. The first-order chi connectivity index (χ1) is 13.0. The standard InChI is InChI=1S/C27H47N/c1-18-11-15-26(5)20(17-18)7-8-21-23-10-9-22(19(2)12-14-25(3,4)28)27(23,6)16-13-24(21)26/h7,18-19,21-24H,8-17,28H2,1-6H3/t18?,19-,21?,22?,23?,24?,26?,27?/m1/s1. The van der Waals surface area contributed by atoms with E-state index in [1.54, 1.807) is 0 Å². The maximum Gasteiger partial charge on any atom is 0.00971 e. The van der Waals surface area contributed by atoms with E-state index in [4.69, 9.17) is 5.73 Å². The molecular weight excluding hydrogens is 338 g/mol. The zero-order chi connectivity index (χ0) is 20.3. The fourth-order valence-corrected chi connectivity index (χ4v) is 8.62. The first-order valence-corrected chi connectivity index (χ1v) is 12.5. The Morgan fingerprint density at radius 3 is 2.57 bits per heavy atom. The lowest BCUT2D eigenvalue weighted by molar-refractivity contribution is -0.0524. The minimum atomic E-state index is -0.0118. The highest BCUT2D eigenvalue weighted by molar-refractivity contribution is 5.25. The van der Waals surface area contributed by atoms with Crippen LogP contribution < -0.4 is 5.73 Å². The molecule has 160 valence electrons. The van der Waals surface area contributed by atoms with E-state index in [9.17, 15) is 0 Å². The Labute approximate surface area is 175 Å². The zero-order valence-corrected chi connectivity index (χ0v) is 19.7. The third kappa shape index (κ3) is 3.42. The smallest absolute Gasteiger partial charge is 0.00971 e. The molecule has 1 heteroatoms. The molecule has 0 bridgehead atoms. The molecule has 3 fully saturated rings. The summed E-state index contributed by atoms with van der Waals surface area (Å²) < 4.78 is 0. The summed E-state index contributed by atoms with van der Waals surface area (Å²) in [5.74, 6) is 5.56. The molecule has 0 saturated heterocycles.